The molecule has 4 atom stereocenters. The Hall–Kier alpha value is -2.77. The minimum Gasteiger partial charge on any atom is -0.448 e. The van der Waals surface area contributed by atoms with Gasteiger partial charge in [0.05, 0.1) is 24.8 Å². The summed E-state index contributed by atoms with van der Waals surface area (Å²) in [4.78, 5) is 25.3. The van der Waals surface area contributed by atoms with Crippen LogP contribution in [0.3, 0.4) is 0 Å². The van der Waals surface area contributed by atoms with Crippen LogP contribution in [-0.2, 0) is 9.47 Å². The molecule has 7 nitrogen and oxygen atoms in total. The Balaban J connectivity index is 1.62. The van der Waals surface area contributed by atoms with Crippen LogP contribution in [0.25, 0.3) is 0 Å². The molecule has 1 aromatic carbocycles. The van der Waals surface area contributed by atoms with E-state index in [1.807, 2.05) is 6.92 Å². The summed E-state index contributed by atoms with van der Waals surface area (Å²) in [6, 6.07) is 4.12. The van der Waals surface area contributed by atoms with E-state index in [4.69, 9.17) is 9.47 Å². The Kier molecular flexibility index (Phi) is 3.26. The van der Waals surface area contributed by atoms with Gasteiger partial charge in [-0.05, 0) is 37.1 Å². The predicted molar refractivity (Wildman–Crippen MR) is 93.5 cm³/mol. The molecule has 2 saturated heterocycles. The van der Waals surface area contributed by atoms with Gasteiger partial charge in [-0.25, -0.2) is 24.0 Å². The van der Waals surface area contributed by atoms with Crippen LogP contribution >= 0.6 is 0 Å². The minimum absolute atomic E-state index is 0.00875. The molecule has 0 spiro atoms. The number of nitrogens with one attached hydrogen (secondary N) is 1. The van der Waals surface area contributed by atoms with Crippen LogP contribution in [0, 0.1) is 5.82 Å². The summed E-state index contributed by atoms with van der Waals surface area (Å²) >= 11 is 0. The maximum absolute atomic E-state index is 13.7. The number of halogens is 1. The van der Waals surface area contributed by atoms with E-state index < -0.39 is 17.7 Å². The third-order valence-corrected chi connectivity index (χ3v) is 6.11. The molecule has 0 radical (unpaired) electrons. The standard InChI is InChI=1S/C19H20FN3O4/c1-3-26-17(24)22-16-13(19(2)6-7-27-18(25)23(19)22)9-12-11-5-4-10(20)8-14(11)21-15(12)16/h4-5,8-9,12,15-16,21H,3,6-7H2,1-2H3/t12-,15+,16+,19-/m0/s1. The summed E-state index contributed by atoms with van der Waals surface area (Å²) in [5, 5.41) is 6.14. The zero-order chi connectivity index (χ0) is 18.9. The van der Waals surface area contributed by atoms with Gasteiger partial charge in [0.25, 0.3) is 0 Å². The van der Waals surface area contributed by atoms with Crippen molar-refractivity contribution in [2.24, 2.45) is 0 Å². The van der Waals surface area contributed by atoms with Gasteiger partial charge in [0.2, 0.25) is 0 Å². The lowest BCUT2D eigenvalue weighted by Crippen LogP contribution is -2.59. The summed E-state index contributed by atoms with van der Waals surface area (Å²) < 4.78 is 24.1. The van der Waals surface area contributed by atoms with Gasteiger partial charge in [-0.1, -0.05) is 12.1 Å². The molecule has 1 aliphatic carbocycles. The molecule has 8 heteroatoms. The molecule has 0 aromatic heterocycles. The third kappa shape index (κ3) is 2.01. The molecule has 1 N–H and O–H groups in total. The fraction of sp³-hybridized carbons (Fsp3) is 0.474. The summed E-state index contributed by atoms with van der Waals surface area (Å²) in [6.07, 6.45) is 1.58. The van der Waals surface area contributed by atoms with Gasteiger partial charge in [0.1, 0.15) is 11.9 Å². The zero-order valence-electron chi connectivity index (χ0n) is 15.1. The summed E-state index contributed by atoms with van der Waals surface area (Å²) in [5.41, 5.74) is 2.09. The minimum atomic E-state index is -0.640. The number of hydrazine groups is 1. The van der Waals surface area contributed by atoms with E-state index in [1.54, 1.807) is 13.0 Å². The van der Waals surface area contributed by atoms with E-state index in [-0.39, 0.29) is 30.4 Å². The van der Waals surface area contributed by atoms with Gasteiger partial charge < -0.3 is 14.8 Å². The normalized spacial score (nSPS) is 32.8. The quantitative estimate of drug-likeness (QED) is 0.767. The van der Waals surface area contributed by atoms with Crippen molar-refractivity contribution in [3.63, 3.8) is 0 Å². The predicted octanol–water partition coefficient (Wildman–Crippen LogP) is 3.00. The number of nitrogens with zero attached hydrogens (tertiary/aromatic N) is 2. The molecule has 2 amide bonds. The van der Waals surface area contributed by atoms with Crippen LogP contribution in [0.2, 0.25) is 0 Å². The number of hydrogen-bond acceptors (Lipinski definition) is 5. The highest BCUT2D eigenvalue weighted by atomic mass is 19.1. The number of fused-ring (bicyclic) bond motifs is 7. The van der Waals surface area contributed by atoms with Crippen LogP contribution in [0.1, 0.15) is 31.7 Å². The number of amides is 2. The molecule has 3 aliphatic heterocycles. The lowest BCUT2D eigenvalue weighted by atomic mass is 9.86. The lowest BCUT2D eigenvalue weighted by Gasteiger charge is -2.41. The molecule has 2 fully saturated rings. The number of carbonyl (C=O) groups is 2. The first-order chi connectivity index (χ1) is 13.0. The van der Waals surface area contributed by atoms with Crippen molar-refractivity contribution < 1.29 is 23.5 Å². The first-order valence-corrected chi connectivity index (χ1v) is 9.17. The van der Waals surface area contributed by atoms with Crippen molar-refractivity contribution in [2.45, 2.75) is 43.8 Å². The molecule has 0 unspecified atom stereocenters. The Bertz CT molecular complexity index is 888. The third-order valence-electron chi connectivity index (χ3n) is 6.11. The van der Waals surface area contributed by atoms with Gasteiger partial charge in [0.15, 0.2) is 0 Å². The zero-order valence-corrected chi connectivity index (χ0v) is 15.1. The number of benzene rings is 1. The molecule has 3 heterocycles. The second kappa shape index (κ2) is 5.37. The summed E-state index contributed by atoms with van der Waals surface area (Å²) in [5.74, 6) is -0.304. The van der Waals surface area contributed by atoms with Gasteiger partial charge in [-0.15, -0.1) is 0 Å². The topological polar surface area (TPSA) is 71.1 Å². The number of carbonyl (C=O) groups excluding carboxylic acids is 2. The Morgan fingerprint density at radius 3 is 3.07 bits per heavy atom. The van der Waals surface area contributed by atoms with Crippen LogP contribution in [0.5, 0.6) is 0 Å². The second-order valence-electron chi connectivity index (χ2n) is 7.49. The van der Waals surface area contributed by atoms with E-state index in [9.17, 15) is 14.0 Å². The molecule has 0 saturated carbocycles. The highest BCUT2D eigenvalue weighted by Crippen LogP contribution is 2.55. The number of rotatable bonds is 1. The number of cyclic esters (lactones) is 1. The van der Waals surface area contributed by atoms with Gasteiger partial charge in [-0.2, -0.15) is 0 Å². The molecular formula is C19H20FN3O4. The van der Waals surface area contributed by atoms with Crippen molar-refractivity contribution in [3.8, 4) is 0 Å². The average Bonchev–Trinajstić information content (AvgIpc) is 3.22. The first kappa shape index (κ1) is 16.4. The van der Waals surface area contributed by atoms with Crippen molar-refractivity contribution in [3.05, 3.63) is 41.2 Å². The molecule has 27 heavy (non-hydrogen) atoms. The molecular weight excluding hydrogens is 353 g/mol. The number of ether oxygens (including phenoxy) is 2. The van der Waals surface area contributed by atoms with E-state index >= 15 is 0 Å². The van der Waals surface area contributed by atoms with E-state index in [2.05, 4.69) is 11.4 Å². The van der Waals surface area contributed by atoms with Crippen LogP contribution in [0.4, 0.5) is 19.7 Å². The van der Waals surface area contributed by atoms with Crippen molar-refractivity contribution in [2.75, 3.05) is 18.5 Å². The lowest BCUT2D eigenvalue weighted by molar-refractivity contribution is -0.0710. The van der Waals surface area contributed by atoms with E-state index in [0.717, 1.165) is 16.8 Å². The fourth-order valence-electron chi connectivity index (χ4n) is 4.95. The average molecular weight is 373 g/mol. The van der Waals surface area contributed by atoms with Gasteiger partial charge in [0, 0.05) is 18.0 Å². The van der Waals surface area contributed by atoms with Crippen molar-refractivity contribution in [1.29, 1.82) is 0 Å². The first-order valence-electron chi connectivity index (χ1n) is 9.17. The Morgan fingerprint density at radius 2 is 2.30 bits per heavy atom. The summed E-state index contributed by atoms with van der Waals surface area (Å²) in [7, 11) is 0. The van der Waals surface area contributed by atoms with Crippen LogP contribution in [0.15, 0.2) is 29.8 Å². The van der Waals surface area contributed by atoms with Crippen LogP contribution in [-0.4, -0.2) is 53.0 Å². The molecule has 142 valence electrons. The van der Waals surface area contributed by atoms with Gasteiger partial charge >= 0.3 is 12.2 Å². The van der Waals surface area contributed by atoms with Crippen molar-refractivity contribution >= 4 is 17.9 Å². The fourth-order valence-corrected chi connectivity index (χ4v) is 4.95. The van der Waals surface area contributed by atoms with E-state index in [1.165, 1.54) is 22.2 Å². The molecule has 0 bridgehead atoms. The molecule has 1 aromatic rings. The Labute approximate surface area is 155 Å². The summed E-state index contributed by atoms with van der Waals surface area (Å²) in [6.45, 7) is 4.19. The van der Waals surface area contributed by atoms with Gasteiger partial charge in [-0.3, -0.25) is 0 Å². The molecule has 4 aliphatic rings. The monoisotopic (exact) mass is 373 g/mol. The van der Waals surface area contributed by atoms with E-state index in [0.29, 0.717) is 13.0 Å². The Morgan fingerprint density at radius 1 is 1.48 bits per heavy atom. The van der Waals surface area contributed by atoms with Crippen molar-refractivity contribution in [1.82, 2.24) is 10.0 Å². The number of anilines is 1. The van der Waals surface area contributed by atoms with Crippen LogP contribution < -0.4 is 5.32 Å². The second-order valence-corrected chi connectivity index (χ2v) is 7.49. The maximum Gasteiger partial charge on any atom is 0.429 e. The molecule has 5 rings (SSSR count). The SMILES string of the molecule is CCOC(=O)N1[C@@H]2C(=C[C@H]3c4ccc(F)cc4N[C@@H]23)[C@]2(C)CCOC(=O)N12. The highest BCUT2D eigenvalue weighted by molar-refractivity contribution is 5.80. The smallest absolute Gasteiger partial charge is 0.429 e. The largest absolute Gasteiger partial charge is 0.448 e. The maximum atomic E-state index is 13.7. The highest BCUT2D eigenvalue weighted by Gasteiger charge is 2.64. The number of hydrogen-bond donors (Lipinski definition) is 1.